The molecule has 0 bridgehead atoms. The fourth-order valence-corrected chi connectivity index (χ4v) is 3.00. The van der Waals surface area contributed by atoms with Gasteiger partial charge in [0.2, 0.25) is 0 Å². The second-order valence-corrected chi connectivity index (χ2v) is 7.53. The van der Waals surface area contributed by atoms with E-state index >= 15 is 0 Å². The standard InChI is InChI=1S/C18H30N2O3/c1-12-6-11-16(22-12)13(2)19-14-7-9-15(10-8-14)20-17(21)23-18(3,4)5/h6,11,13-15,19H,7-10H2,1-5H3,(H,20,21). The molecule has 1 aromatic rings. The van der Waals surface area contributed by atoms with E-state index in [1.54, 1.807) is 0 Å². The number of furan rings is 1. The Morgan fingerprint density at radius 2 is 1.83 bits per heavy atom. The van der Waals surface area contributed by atoms with Crippen LogP contribution in [0.4, 0.5) is 4.79 Å². The van der Waals surface area contributed by atoms with Crippen LogP contribution in [0.2, 0.25) is 0 Å². The molecule has 1 unspecified atom stereocenters. The van der Waals surface area contributed by atoms with Crippen LogP contribution in [0, 0.1) is 6.92 Å². The van der Waals surface area contributed by atoms with Gasteiger partial charge >= 0.3 is 6.09 Å². The van der Waals surface area contributed by atoms with Gasteiger partial charge in [0.1, 0.15) is 17.1 Å². The van der Waals surface area contributed by atoms with Crippen LogP contribution in [-0.2, 0) is 4.74 Å². The van der Waals surface area contributed by atoms with Crippen molar-refractivity contribution in [1.82, 2.24) is 10.6 Å². The van der Waals surface area contributed by atoms with Gasteiger partial charge < -0.3 is 19.8 Å². The lowest BCUT2D eigenvalue weighted by molar-refractivity contribution is 0.0489. The summed E-state index contributed by atoms with van der Waals surface area (Å²) in [6, 6.07) is 4.91. The Morgan fingerprint density at radius 3 is 2.35 bits per heavy atom. The predicted octanol–water partition coefficient (Wildman–Crippen LogP) is 4.07. The zero-order chi connectivity index (χ0) is 17.0. The number of nitrogens with one attached hydrogen (secondary N) is 2. The number of ether oxygens (including phenoxy) is 1. The van der Waals surface area contributed by atoms with E-state index in [1.807, 2.05) is 39.8 Å². The normalized spacial score (nSPS) is 23.3. The Bertz CT molecular complexity index is 511. The summed E-state index contributed by atoms with van der Waals surface area (Å²) in [6.45, 7) is 9.73. The SMILES string of the molecule is Cc1ccc(C(C)NC2CCC(NC(=O)OC(C)(C)C)CC2)o1. The second kappa shape index (κ2) is 7.39. The first kappa shape index (κ1) is 17.9. The smallest absolute Gasteiger partial charge is 0.407 e. The van der Waals surface area contributed by atoms with Crippen LogP contribution >= 0.6 is 0 Å². The van der Waals surface area contributed by atoms with E-state index in [0.29, 0.717) is 6.04 Å². The van der Waals surface area contributed by atoms with Gasteiger partial charge in [-0.1, -0.05) is 0 Å². The fourth-order valence-electron chi connectivity index (χ4n) is 3.00. The summed E-state index contributed by atoms with van der Waals surface area (Å²) >= 11 is 0. The average Bonchev–Trinajstić information content (AvgIpc) is 2.85. The Balaban J connectivity index is 1.72. The highest BCUT2D eigenvalue weighted by atomic mass is 16.6. The van der Waals surface area contributed by atoms with E-state index < -0.39 is 5.60 Å². The molecular formula is C18H30N2O3. The van der Waals surface area contributed by atoms with E-state index in [9.17, 15) is 4.79 Å². The van der Waals surface area contributed by atoms with Gasteiger partial charge in [-0.25, -0.2) is 4.79 Å². The molecule has 1 heterocycles. The van der Waals surface area contributed by atoms with Crippen molar-refractivity contribution in [1.29, 1.82) is 0 Å². The number of carbonyl (C=O) groups is 1. The highest BCUT2D eigenvalue weighted by Gasteiger charge is 2.25. The number of hydrogen-bond donors (Lipinski definition) is 2. The van der Waals surface area contributed by atoms with Crippen molar-refractivity contribution in [3.8, 4) is 0 Å². The third-order valence-electron chi connectivity index (χ3n) is 4.12. The number of carbonyl (C=O) groups excluding carboxylic acids is 1. The number of hydrogen-bond acceptors (Lipinski definition) is 4. The van der Waals surface area contributed by atoms with Crippen LogP contribution in [-0.4, -0.2) is 23.8 Å². The van der Waals surface area contributed by atoms with E-state index in [1.165, 1.54) is 0 Å². The first-order valence-corrected chi connectivity index (χ1v) is 8.55. The van der Waals surface area contributed by atoms with Gasteiger partial charge in [0.05, 0.1) is 6.04 Å². The zero-order valence-corrected chi connectivity index (χ0v) is 14.9. The summed E-state index contributed by atoms with van der Waals surface area (Å²) in [5, 5.41) is 6.60. The Kier molecular flexibility index (Phi) is 5.74. The van der Waals surface area contributed by atoms with E-state index in [2.05, 4.69) is 17.6 Å². The van der Waals surface area contributed by atoms with Crippen molar-refractivity contribution in [2.75, 3.05) is 0 Å². The zero-order valence-electron chi connectivity index (χ0n) is 14.9. The lowest BCUT2D eigenvalue weighted by Gasteiger charge is -2.31. The molecule has 5 nitrogen and oxygen atoms in total. The molecule has 0 spiro atoms. The molecule has 5 heteroatoms. The molecule has 1 aromatic heterocycles. The maximum atomic E-state index is 11.8. The Hall–Kier alpha value is -1.49. The predicted molar refractivity (Wildman–Crippen MR) is 90.4 cm³/mol. The van der Waals surface area contributed by atoms with Crippen molar-refractivity contribution in [2.45, 2.75) is 84.0 Å². The number of rotatable bonds is 4. The van der Waals surface area contributed by atoms with Gasteiger partial charge in [-0.3, -0.25) is 0 Å². The molecule has 0 saturated heterocycles. The first-order valence-electron chi connectivity index (χ1n) is 8.55. The monoisotopic (exact) mass is 322 g/mol. The molecule has 1 aliphatic rings. The van der Waals surface area contributed by atoms with Gasteiger partial charge in [0, 0.05) is 12.1 Å². The molecule has 2 rings (SSSR count). The lowest BCUT2D eigenvalue weighted by atomic mass is 9.90. The van der Waals surface area contributed by atoms with Crippen molar-refractivity contribution in [3.63, 3.8) is 0 Å². The summed E-state index contributed by atoms with van der Waals surface area (Å²) in [5.41, 5.74) is -0.445. The molecule has 1 fully saturated rings. The number of aryl methyl sites for hydroxylation is 1. The van der Waals surface area contributed by atoms with Crippen LogP contribution in [0.5, 0.6) is 0 Å². The summed E-state index contributed by atoms with van der Waals surface area (Å²) in [4.78, 5) is 11.8. The van der Waals surface area contributed by atoms with Crippen LogP contribution < -0.4 is 10.6 Å². The van der Waals surface area contributed by atoms with Gasteiger partial charge in [-0.05, 0) is 72.4 Å². The van der Waals surface area contributed by atoms with Crippen LogP contribution in [0.3, 0.4) is 0 Å². The highest BCUT2D eigenvalue weighted by molar-refractivity contribution is 5.68. The van der Waals surface area contributed by atoms with E-state index in [0.717, 1.165) is 37.2 Å². The summed E-state index contributed by atoms with van der Waals surface area (Å²) < 4.78 is 11.0. The maximum absolute atomic E-state index is 11.8. The van der Waals surface area contributed by atoms with Gasteiger partial charge in [0.15, 0.2) is 0 Å². The van der Waals surface area contributed by atoms with E-state index in [-0.39, 0.29) is 18.2 Å². The molecule has 2 N–H and O–H groups in total. The number of alkyl carbamates (subject to hydrolysis) is 1. The van der Waals surface area contributed by atoms with Crippen LogP contribution in [0.15, 0.2) is 16.5 Å². The molecule has 0 aromatic carbocycles. The molecule has 1 saturated carbocycles. The van der Waals surface area contributed by atoms with E-state index in [4.69, 9.17) is 9.15 Å². The third kappa shape index (κ3) is 5.90. The molecule has 1 atom stereocenters. The average molecular weight is 322 g/mol. The Morgan fingerprint density at radius 1 is 1.22 bits per heavy atom. The van der Waals surface area contributed by atoms with Crippen molar-refractivity contribution < 1.29 is 13.9 Å². The minimum atomic E-state index is -0.445. The molecule has 23 heavy (non-hydrogen) atoms. The fraction of sp³-hybridized carbons (Fsp3) is 0.722. The van der Waals surface area contributed by atoms with Gasteiger partial charge in [0.25, 0.3) is 0 Å². The molecule has 0 aliphatic heterocycles. The first-order chi connectivity index (χ1) is 10.7. The van der Waals surface area contributed by atoms with Crippen molar-refractivity contribution in [2.24, 2.45) is 0 Å². The molecular weight excluding hydrogens is 292 g/mol. The van der Waals surface area contributed by atoms with Gasteiger partial charge in [-0.2, -0.15) is 0 Å². The molecule has 1 amide bonds. The number of amides is 1. The second-order valence-electron chi connectivity index (χ2n) is 7.53. The Labute approximate surface area is 139 Å². The lowest BCUT2D eigenvalue weighted by Crippen LogP contribution is -2.44. The third-order valence-corrected chi connectivity index (χ3v) is 4.12. The molecule has 0 radical (unpaired) electrons. The minimum absolute atomic E-state index is 0.212. The topological polar surface area (TPSA) is 63.5 Å². The van der Waals surface area contributed by atoms with Gasteiger partial charge in [-0.15, -0.1) is 0 Å². The largest absolute Gasteiger partial charge is 0.465 e. The maximum Gasteiger partial charge on any atom is 0.407 e. The summed E-state index contributed by atoms with van der Waals surface area (Å²) in [5.74, 6) is 1.93. The summed E-state index contributed by atoms with van der Waals surface area (Å²) in [7, 11) is 0. The quantitative estimate of drug-likeness (QED) is 0.877. The van der Waals surface area contributed by atoms with Crippen molar-refractivity contribution >= 4 is 6.09 Å². The van der Waals surface area contributed by atoms with Crippen LogP contribution in [0.25, 0.3) is 0 Å². The molecule has 130 valence electrons. The molecule has 1 aliphatic carbocycles. The minimum Gasteiger partial charge on any atom is -0.465 e. The van der Waals surface area contributed by atoms with Crippen LogP contribution in [0.1, 0.15) is 70.9 Å². The summed E-state index contributed by atoms with van der Waals surface area (Å²) in [6.07, 6.45) is 3.73. The van der Waals surface area contributed by atoms with Crippen molar-refractivity contribution in [3.05, 3.63) is 23.7 Å². The highest BCUT2D eigenvalue weighted by Crippen LogP contribution is 2.23.